The van der Waals surface area contributed by atoms with Crippen LogP contribution in [0.1, 0.15) is 18.4 Å². The molecule has 0 saturated carbocycles. The van der Waals surface area contributed by atoms with Crippen molar-refractivity contribution >= 4 is 28.4 Å². The van der Waals surface area contributed by atoms with Crippen LogP contribution < -0.4 is 5.56 Å². The average molecular weight is 375 g/mol. The van der Waals surface area contributed by atoms with E-state index in [2.05, 4.69) is 16.3 Å². The minimum atomic E-state index is -0.110. The second-order valence-electron chi connectivity index (χ2n) is 6.17. The zero-order valence-corrected chi connectivity index (χ0v) is 15.6. The Labute approximate surface area is 160 Å². The summed E-state index contributed by atoms with van der Waals surface area (Å²) in [6.07, 6.45) is 1.30. The average Bonchev–Trinajstić information content (AvgIpc) is 3.10. The number of aryl methyl sites for hydroxylation is 1. The van der Waals surface area contributed by atoms with Crippen molar-refractivity contribution in [3.05, 3.63) is 64.4 Å². The van der Waals surface area contributed by atoms with Crippen molar-refractivity contribution in [1.29, 1.82) is 5.26 Å². The van der Waals surface area contributed by atoms with E-state index in [9.17, 15) is 4.79 Å². The fourth-order valence-electron chi connectivity index (χ4n) is 3.12. The van der Waals surface area contributed by atoms with Gasteiger partial charge in [-0.25, -0.2) is 4.57 Å². The van der Waals surface area contributed by atoms with E-state index in [0.29, 0.717) is 17.6 Å². The maximum absolute atomic E-state index is 13.2. The molecular weight excluding hydrogens is 358 g/mol. The molecule has 2 heterocycles. The van der Waals surface area contributed by atoms with Crippen molar-refractivity contribution in [3.8, 4) is 11.8 Å². The van der Waals surface area contributed by atoms with E-state index in [-0.39, 0.29) is 5.56 Å². The Morgan fingerprint density at radius 1 is 1.11 bits per heavy atom. The first kappa shape index (κ1) is 17.3. The Balaban J connectivity index is 2.00. The lowest BCUT2D eigenvalue weighted by molar-refractivity contribution is 0.918. The Bertz CT molecular complexity index is 1230. The predicted molar refractivity (Wildman–Crippen MR) is 106 cm³/mol. The predicted octanol–water partition coefficient (Wildman–Crippen LogP) is 3.74. The number of fused-ring (bicyclic) bond motifs is 3. The molecule has 0 aliphatic heterocycles. The summed E-state index contributed by atoms with van der Waals surface area (Å²) in [4.78, 5) is 13.2. The second-order valence-corrected chi connectivity index (χ2v) is 7.23. The van der Waals surface area contributed by atoms with E-state index >= 15 is 0 Å². The van der Waals surface area contributed by atoms with Gasteiger partial charge >= 0.3 is 0 Å². The maximum Gasteiger partial charge on any atom is 0.267 e. The SMILES string of the molecule is Cc1ccccc1-n1c(=O)c2ccccc2n2c(SCCCC#N)nnc12. The van der Waals surface area contributed by atoms with Gasteiger partial charge in [-0.3, -0.25) is 9.20 Å². The number of aromatic nitrogens is 4. The fraction of sp³-hybridized carbons (Fsp3) is 0.200. The quantitative estimate of drug-likeness (QED) is 0.392. The molecule has 0 amide bonds. The van der Waals surface area contributed by atoms with Crippen LogP contribution in [0.15, 0.2) is 58.5 Å². The number of rotatable bonds is 5. The molecule has 0 radical (unpaired) electrons. The number of unbranched alkanes of at least 4 members (excludes halogenated alkanes) is 1. The molecule has 4 aromatic rings. The van der Waals surface area contributed by atoms with Crippen molar-refractivity contribution in [2.75, 3.05) is 5.75 Å². The van der Waals surface area contributed by atoms with Crippen molar-refractivity contribution in [2.24, 2.45) is 0 Å². The molecule has 0 N–H and O–H groups in total. The molecule has 6 nitrogen and oxygen atoms in total. The molecule has 0 aliphatic carbocycles. The van der Waals surface area contributed by atoms with Gasteiger partial charge in [0.2, 0.25) is 5.78 Å². The number of hydrogen-bond donors (Lipinski definition) is 0. The number of para-hydroxylation sites is 2. The van der Waals surface area contributed by atoms with E-state index in [1.165, 1.54) is 0 Å². The first-order valence-corrected chi connectivity index (χ1v) is 9.65. The summed E-state index contributed by atoms with van der Waals surface area (Å²) < 4.78 is 3.56. The highest BCUT2D eigenvalue weighted by atomic mass is 32.2. The van der Waals surface area contributed by atoms with Gasteiger partial charge in [-0.05, 0) is 37.1 Å². The van der Waals surface area contributed by atoms with Crippen LogP contribution >= 0.6 is 11.8 Å². The second kappa shape index (κ2) is 7.25. The topological polar surface area (TPSA) is 76.0 Å². The molecule has 0 aliphatic rings. The fourth-order valence-corrected chi connectivity index (χ4v) is 4.00. The van der Waals surface area contributed by atoms with Crippen LogP contribution in [-0.4, -0.2) is 24.9 Å². The maximum atomic E-state index is 13.2. The van der Waals surface area contributed by atoms with Crippen LogP contribution in [0.25, 0.3) is 22.4 Å². The molecule has 0 fully saturated rings. The largest absolute Gasteiger partial charge is 0.268 e. The highest BCUT2D eigenvalue weighted by Gasteiger charge is 2.18. The molecule has 0 bridgehead atoms. The lowest BCUT2D eigenvalue weighted by Gasteiger charge is -2.13. The van der Waals surface area contributed by atoms with E-state index in [4.69, 9.17) is 5.26 Å². The van der Waals surface area contributed by atoms with Crippen LogP contribution in [-0.2, 0) is 0 Å². The Kier molecular flexibility index (Phi) is 4.65. The highest BCUT2D eigenvalue weighted by molar-refractivity contribution is 7.99. The molecular formula is C20H17N5OS. The number of nitrogens with zero attached hydrogens (tertiary/aromatic N) is 5. The normalized spacial score (nSPS) is 11.1. The Hall–Kier alpha value is -3.11. The van der Waals surface area contributed by atoms with Gasteiger partial charge in [-0.1, -0.05) is 42.1 Å². The van der Waals surface area contributed by atoms with Crippen molar-refractivity contribution < 1.29 is 0 Å². The zero-order chi connectivity index (χ0) is 18.8. The van der Waals surface area contributed by atoms with E-state index < -0.39 is 0 Å². The van der Waals surface area contributed by atoms with Gasteiger partial charge in [0.1, 0.15) is 0 Å². The van der Waals surface area contributed by atoms with E-state index in [0.717, 1.165) is 34.1 Å². The molecule has 2 aromatic carbocycles. The van der Waals surface area contributed by atoms with Crippen molar-refractivity contribution in [1.82, 2.24) is 19.2 Å². The van der Waals surface area contributed by atoms with Crippen molar-refractivity contribution in [2.45, 2.75) is 24.9 Å². The van der Waals surface area contributed by atoms with Gasteiger partial charge < -0.3 is 0 Å². The molecule has 0 spiro atoms. The van der Waals surface area contributed by atoms with Gasteiger partial charge in [0.05, 0.1) is 22.7 Å². The zero-order valence-electron chi connectivity index (χ0n) is 14.8. The summed E-state index contributed by atoms with van der Waals surface area (Å²) >= 11 is 1.55. The third-order valence-corrected chi connectivity index (χ3v) is 5.43. The number of hydrogen-bond acceptors (Lipinski definition) is 5. The van der Waals surface area contributed by atoms with Crippen LogP contribution in [0.2, 0.25) is 0 Å². The lowest BCUT2D eigenvalue weighted by Crippen LogP contribution is -2.22. The highest BCUT2D eigenvalue weighted by Crippen LogP contribution is 2.24. The Morgan fingerprint density at radius 2 is 1.89 bits per heavy atom. The summed E-state index contributed by atoms with van der Waals surface area (Å²) in [6, 6.07) is 17.4. The Morgan fingerprint density at radius 3 is 2.70 bits per heavy atom. The number of nitriles is 1. The minimum Gasteiger partial charge on any atom is -0.268 e. The first-order chi connectivity index (χ1) is 13.2. The van der Waals surface area contributed by atoms with Gasteiger partial charge in [0.15, 0.2) is 5.16 Å². The summed E-state index contributed by atoms with van der Waals surface area (Å²) in [5.74, 6) is 1.27. The third kappa shape index (κ3) is 2.98. The van der Waals surface area contributed by atoms with Gasteiger partial charge in [0, 0.05) is 12.2 Å². The molecule has 0 saturated heterocycles. The summed E-state index contributed by atoms with van der Waals surface area (Å²) in [7, 11) is 0. The molecule has 0 atom stereocenters. The van der Waals surface area contributed by atoms with Crippen molar-refractivity contribution in [3.63, 3.8) is 0 Å². The van der Waals surface area contributed by atoms with Gasteiger partial charge in [-0.2, -0.15) is 5.26 Å². The molecule has 4 rings (SSSR count). The molecule has 134 valence electrons. The minimum absolute atomic E-state index is 0.110. The standard InChI is InChI=1S/C20H17N5OS/c1-14-8-2-4-10-16(14)24-18(26)15-9-3-5-11-17(15)25-19(24)22-23-20(25)27-13-7-6-12-21/h2-5,8-11H,6-7,13H2,1H3. The molecule has 0 unspecified atom stereocenters. The lowest BCUT2D eigenvalue weighted by atomic mass is 10.2. The van der Waals surface area contributed by atoms with Gasteiger partial charge in [0.25, 0.3) is 5.56 Å². The third-order valence-electron chi connectivity index (χ3n) is 4.42. The van der Waals surface area contributed by atoms with Gasteiger partial charge in [-0.15, -0.1) is 10.2 Å². The van der Waals surface area contributed by atoms with E-state index in [1.54, 1.807) is 16.3 Å². The smallest absolute Gasteiger partial charge is 0.267 e. The van der Waals surface area contributed by atoms with E-state index in [1.807, 2.05) is 59.9 Å². The summed E-state index contributed by atoms with van der Waals surface area (Å²) in [6.45, 7) is 1.97. The monoisotopic (exact) mass is 375 g/mol. The van der Waals surface area contributed by atoms with Crippen LogP contribution in [0.5, 0.6) is 0 Å². The molecule has 27 heavy (non-hydrogen) atoms. The van der Waals surface area contributed by atoms with Crippen LogP contribution in [0.3, 0.4) is 0 Å². The van der Waals surface area contributed by atoms with Crippen LogP contribution in [0.4, 0.5) is 0 Å². The molecule has 2 aromatic heterocycles. The summed E-state index contributed by atoms with van der Waals surface area (Å²) in [5, 5.41) is 18.7. The number of benzene rings is 2. The van der Waals surface area contributed by atoms with Crippen LogP contribution in [0, 0.1) is 18.3 Å². The first-order valence-electron chi connectivity index (χ1n) is 8.67. The summed E-state index contributed by atoms with van der Waals surface area (Å²) in [5.41, 5.74) is 2.46. The number of thioether (sulfide) groups is 1. The molecule has 7 heteroatoms.